The van der Waals surface area contributed by atoms with Crippen LogP contribution in [0.1, 0.15) is 22.3 Å². The Hall–Kier alpha value is -9.76. The number of anilines is 3. The van der Waals surface area contributed by atoms with Crippen LogP contribution in [0.4, 0.5) is 17.1 Å². The number of benzene rings is 12. The lowest BCUT2D eigenvalue weighted by Gasteiger charge is -2.35. The first kappa shape index (κ1) is 44.0. The van der Waals surface area contributed by atoms with E-state index < -0.39 is 5.41 Å². The van der Waals surface area contributed by atoms with E-state index in [-0.39, 0.29) is 0 Å². The molecule has 0 fully saturated rings. The van der Waals surface area contributed by atoms with Gasteiger partial charge >= 0.3 is 0 Å². The largest absolute Gasteiger partial charge is 0.310 e. The highest BCUT2D eigenvalue weighted by molar-refractivity contribution is 6.14. The lowest BCUT2D eigenvalue weighted by Crippen LogP contribution is -2.28. The van der Waals surface area contributed by atoms with Crippen molar-refractivity contribution in [3.05, 3.63) is 326 Å². The molecule has 0 saturated carbocycles. The minimum absolute atomic E-state index is 0.590. The summed E-state index contributed by atoms with van der Waals surface area (Å²) in [6.45, 7) is 0. The Morgan fingerprint density at radius 3 is 1.51 bits per heavy atom. The highest BCUT2D eigenvalue weighted by Crippen LogP contribution is 2.58. The van der Waals surface area contributed by atoms with Crippen molar-refractivity contribution in [3.63, 3.8) is 0 Å². The molecule has 1 aromatic heterocycles. The number of rotatable bonds is 10. The predicted octanol–water partition coefficient (Wildman–Crippen LogP) is 19.3. The molecule has 0 N–H and O–H groups in total. The molecule has 1 aliphatic rings. The first-order chi connectivity index (χ1) is 37.3. The van der Waals surface area contributed by atoms with Gasteiger partial charge in [-0.25, -0.2) is 0 Å². The second-order valence-corrected chi connectivity index (χ2v) is 19.5. The zero-order valence-corrected chi connectivity index (χ0v) is 41.3. The molecule has 0 amide bonds. The average molecular weight is 955 g/mol. The summed E-state index contributed by atoms with van der Waals surface area (Å²) in [5.74, 6) is 0. The van der Waals surface area contributed by atoms with Crippen molar-refractivity contribution in [2.24, 2.45) is 0 Å². The third-order valence-electron chi connectivity index (χ3n) is 15.5. The maximum Gasteiger partial charge on any atom is 0.0714 e. The van der Waals surface area contributed by atoms with E-state index in [9.17, 15) is 0 Å². The molecule has 14 rings (SSSR count). The van der Waals surface area contributed by atoms with E-state index in [4.69, 9.17) is 0 Å². The molecular formula is C73H50N2. The standard InChI is InChI=1S/C73H50N2/c1-6-25-51(26-7-1)59-37-16-17-40-65(59)71-60(52-27-8-2-9-28-52)41-24-46-70(71)74(57-36-22-29-53(49-57)61-42-23-43-66-64-39-19-21-45-69(64)75(72(61)66)56-34-14-5-15-35-56)58-47-48-63-62-38-18-20-44-67(62)73(68(63)50-58,54-30-10-3-11-31-54)55-32-12-4-13-33-55/h1-50H. The molecule has 0 spiro atoms. The molecule has 0 atom stereocenters. The smallest absolute Gasteiger partial charge is 0.0714 e. The zero-order valence-electron chi connectivity index (χ0n) is 41.3. The van der Waals surface area contributed by atoms with E-state index in [2.05, 4.69) is 313 Å². The lowest BCUT2D eigenvalue weighted by molar-refractivity contribution is 0.768. The van der Waals surface area contributed by atoms with Crippen molar-refractivity contribution in [2.75, 3.05) is 4.90 Å². The van der Waals surface area contributed by atoms with Gasteiger partial charge in [-0.05, 0) is 115 Å². The zero-order chi connectivity index (χ0) is 49.7. The van der Waals surface area contributed by atoms with Gasteiger partial charge in [-0.15, -0.1) is 0 Å². The average Bonchev–Trinajstić information content (AvgIpc) is 4.00. The molecular weight excluding hydrogens is 905 g/mol. The van der Waals surface area contributed by atoms with Crippen molar-refractivity contribution in [1.29, 1.82) is 0 Å². The van der Waals surface area contributed by atoms with Crippen molar-refractivity contribution >= 4 is 38.9 Å². The molecule has 2 nitrogen and oxygen atoms in total. The Labute approximate surface area is 438 Å². The number of nitrogens with zero attached hydrogens (tertiary/aromatic N) is 2. The summed E-state index contributed by atoms with van der Waals surface area (Å²) < 4.78 is 2.44. The molecule has 1 aliphatic carbocycles. The summed E-state index contributed by atoms with van der Waals surface area (Å²) in [6.07, 6.45) is 0. The Balaban J connectivity index is 1.08. The van der Waals surface area contributed by atoms with Crippen LogP contribution in [0.15, 0.2) is 303 Å². The number of fused-ring (bicyclic) bond motifs is 6. The van der Waals surface area contributed by atoms with Crippen molar-refractivity contribution in [2.45, 2.75) is 5.41 Å². The van der Waals surface area contributed by atoms with Gasteiger partial charge in [-0.1, -0.05) is 255 Å². The fourth-order valence-corrected chi connectivity index (χ4v) is 12.3. The van der Waals surface area contributed by atoms with E-state index in [1.54, 1.807) is 0 Å². The highest BCUT2D eigenvalue weighted by atomic mass is 15.1. The van der Waals surface area contributed by atoms with E-state index >= 15 is 0 Å². The Morgan fingerprint density at radius 2 is 0.787 bits per heavy atom. The van der Waals surface area contributed by atoms with Gasteiger partial charge in [-0.3, -0.25) is 0 Å². The number of hydrogen-bond acceptors (Lipinski definition) is 1. The predicted molar refractivity (Wildman–Crippen MR) is 315 cm³/mol. The normalized spacial score (nSPS) is 12.4. The molecule has 13 aromatic rings. The van der Waals surface area contributed by atoms with Gasteiger partial charge in [0.05, 0.1) is 22.1 Å². The molecule has 0 unspecified atom stereocenters. The summed E-state index contributed by atoms with van der Waals surface area (Å²) in [4.78, 5) is 2.53. The summed E-state index contributed by atoms with van der Waals surface area (Å²) in [6, 6.07) is 112. The van der Waals surface area contributed by atoms with Crippen LogP contribution in [0.3, 0.4) is 0 Å². The van der Waals surface area contributed by atoms with Crippen molar-refractivity contribution in [3.8, 4) is 61.3 Å². The number of aromatic nitrogens is 1. The van der Waals surface area contributed by atoms with Crippen molar-refractivity contribution < 1.29 is 0 Å². The lowest BCUT2D eigenvalue weighted by atomic mass is 9.67. The SMILES string of the molecule is c1ccc(-c2ccccc2-c2c(-c3ccccc3)cccc2N(c2cccc(-c3cccc4c5ccccc5n(-c5ccccc5)c34)c2)c2ccc3c(c2)C(c2ccccc2)(c2ccccc2)c2ccccc2-3)cc1. The Morgan fingerprint density at radius 1 is 0.293 bits per heavy atom. The maximum atomic E-state index is 2.53. The molecule has 12 aromatic carbocycles. The van der Waals surface area contributed by atoms with Gasteiger partial charge in [0.15, 0.2) is 0 Å². The highest BCUT2D eigenvalue weighted by Gasteiger charge is 2.46. The molecule has 0 aliphatic heterocycles. The van der Waals surface area contributed by atoms with Crippen LogP contribution in [0, 0.1) is 0 Å². The van der Waals surface area contributed by atoms with Gasteiger partial charge in [0, 0.05) is 39.0 Å². The second-order valence-electron chi connectivity index (χ2n) is 19.5. The summed E-state index contributed by atoms with van der Waals surface area (Å²) in [7, 11) is 0. The molecule has 1 heterocycles. The van der Waals surface area contributed by atoms with Crippen LogP contribution in [0.25, 0.3) is 83.1 Å². The van der Waals surface area contributed by atoms with Gasteiger partial charge in [0.1, 0.15) is 0 Å². The van der Waals surface area contributed by atoms with Crippen LogP contribution in [-0.4, -0.2) is 4.57 Å². The molecule has 0 saturated heterocycles. The van der Waals surface area contributed by atoms with Crippen LogP contribution < -0.4 is 4.90 Å². The number of para-hydroxylation sites is 3. The summed E-state index contributed by atoms with van der Waals surface area (Å²) in [5, 5.41) is 2.45. The topological polar surface area (TPSA) is 8.17 Å². The quantitative estimate of drug-likeness (QED) is 0.133. The monoisotopic (exact) mass is 954 g/mol. The first-order valence-electron chi connectivity index (χ1n) is 25.9. The third-order valence-corrected chi connectivity index (χ3v) is 15.5. The van der Waals surface area contributed by atoms with Crippen LogP contribution >= 0.6 is 0 Å². The fourth-order valence-electron chi connectivity index (χ4n) is 12.3. The van der Waals surface area contributed by atoms with Crippen LogP contribution in [0.5, 0.6) is 0 Å². The van der Waals surface area contributed by atoms with E-state index in [0.717, 1.165) is 50.6 Å². The minimum Gasteiger partial charge on any atom is -0.310 e. The third kappa shape index (κ3) is 7.17. The molecule has 0 radical (unpaired) electrons. The van der Waals surface area contributed by atoms with Gasteiger partial charge in [-0.2, -0.15) is 0 Å². The number of hydrogen-bond donors (Lipinski definition) is 0. The van der Waals surface area contributed by atoms with E-state index in [0.29, 0.717) is 0 Å². The van der Waals surface area contributed by atoms with E-state index in [1.807, 2.05) is 0 Å². The van der Waals surface area contributed by atoms with Crippen molar-refractivity contribution in [1.82, 2.24) is 4.57 Å². The van der Waals surface area contributed by atoms with Crippen LogP contribution in [-0.2, 0) is 5.41 Å². The first-order valence-corrected chi connectivity index (χ1v) is 25.9. The Bertz CT molecular complexity index is 4180. The maximum absolute atomic E-state index is 2.53. The fraction of sp³-hybridized carbons (Fsp3) is 0.0137. The van der Waals surface area contributed by atoms with Gasteiger partial charge in [0.25, 0.3) is 0 Å². The van der Waals surface area contributed by atoms with Gasteiger partial charge in [0.2, 0.25) is 0 Å². The Kier molecular flexibility index (Phi) is 10.8. The van der Waals surface area contributed by atoms with Crippen LogP contribution in [0.2, 0.25) is 0 Å². The molecule has 2 heteroatoms. The molecule has 352 valence electrons. The molecule has 0 bridgehead atoms. The summed E-state index contributed by atoms with van der Waals surface area (Å²) in [5.41, 5.74) is 22.9. The second kappa shape index (κ2) is 18.4. The minimum atomic E-state index is -0.590. The van der Waals surface area contributed by atoms with E-state index in [1.165, 1.54) is 71.9 Å². The van der Waals surface area contributed by atoms with Gasteiger partial charge < -0.3 is 9.47 Å². The summed E-state index contributed by atoms with van der Waals surface area (Å²) >= 11 is 0. The molecule has 75 heavy (non-hydrogen) atoms.